The van der Waals surface area contributed by atoms with Crippen LogP contribution in [0, 0.1) is 5.92 Å². The molecule has 0 radical (unpaired) electrons. The Morgan fingerprint density at radius 1 is 1.38 bits per heavy atom. The predicted octanol–water partition coefficient (Wildman–Crippen LogP) is 2.99. The van der Waals surface area contributed by atoms with E-state index in [1.165, 1.54) is 0 Å². The third kappa shape index (κ3) is 5.56. The van der Waals surface area contributed by atoms with Crippen molar-refractivity contribution in [1.82, 2.24) is 5.32 Å². The minimum Gasteiger partial charge on any atom is -0.479 e. The fraction of sp³-hybridized carbons (Fsp3) is 0.562. The van der Waals surface area contributed by atoms with E-state index in [9.17, 15) is 4.79 Å². The van der Waals surface area contributed by atoms with Gasteiger partial charge in [0.1, 0.15) is 5.75 Å². The Labute approximate surface area is 132 Å². The van der Waals surface area contributed by atoms with Crippen LogP contribution in [0.5, 0.6) is 5.75 Å². The van der Waals surface area contributed by atoms with Gasteiger partial charge in [0, 0.05) is 12.1 Å². The van der Waals surface area contributed by atoms with Gasteiger partial charge in [-0.2, -0.15) is 0 Å². The second-order valence-electron chi connectivity index (χ2n) is 6.04. The first-order valence-electron chi connectivity index (χ1n) is 7.20. The summed E-state index contributed by atoms with van der Waals surface area (Å²) in [6.07, 6.45) is 0.177. The molecule has 0 fully saturated rings. The molecule has 0 aliphatic rings. The molecule has 1 amide bonds. The monoisotopic (exact) mass is 312 g/mol. The lowest BCUT2D eigenvalue weighted by Crippen LogP contribution is -2.55. The van der Waals surface area contributed by atoms with E-state index >= 15 is 0 Å². The number of amides is 1. The van der Waals surface area contributed by atoms with Gasteiger partial charge in [0.25, 0.3) is 5.91 Å². The van der Waals surface area contributed by atoms with E-state index in [-0.39, 0.29) is 5.91 Å². The summed E-state index contributed by atoms with van der Waals surface area (Å²) in [6.45, 7) is 8.24. The Morgan fingerprint density at radius 3 is 2.52 bits per heavy atom. The molecular weight excluding hydrogens is 288 g/mol. The zero-order valence-electron chi connectivity index (χ0n) is 13.2. The van der Waals surface area contributed by atoms with Gasteiger partial charge in [0.05, 0.1) is 5.02 Å². The Hall–Kier alpha value is -1.26. The summed E-state index contributed by atoms with van der Waals surface area (Å²) in [5, 5.41) is 3.47. The number of hydrogen-bond acceptors (Lipinski definition) is 3. The topological polar surface area (TPSA) is 64.3 Å². The molecule has 0 saturated heterocycles. The third-order valence-corrected chi connectivity index (χ3v) is 3.56. The van der Waals surface area contributed by atoms with Crippen LogP contribution >= 0.6 is 11.6 Å². The SMILES string of the molecule is CC(C)CC(C)(CN)NC(=O)C(C)Oc1ccccc1Cl. The van der Waals surface area contributed by atoms with Gasteiger partial charge in [0.15, 0.2) is 6.10 Å². The first-order valence-corrected chi connectivity index (χ1v) is 7.58. The number of para-hydroxylation sites is 1. The number of hydrogen-bond donors (Lipinski definition) is 2. The Morgan fingerprint density at radius 2 is 2.00 bits per heavy atom. The van der Waals surface area contributed by atoms with Crippen LogP contribution in [0.2, 0.25) is 5.02 Å². The molecule has 0 aliphatic heterocycles. The molecule has 21 heavy (non-hydrogen) atoms. The molecule has 1 aromatic rings. The minimum atomic E-state index is -0.636. The number of carbonyl (C=O) groups is 1. The van der Waals surface area contributed by atoms with E-state index in [0.29, 0.717) is 23.2 Å². The lowest BCUT2D eigenvalue weighted by molar-refractivity contribution is -0.129. The van der Waals surface area contributed by atoms with Crippen LogP contribution in [0.3, 0.4) is 0 Å². The van der Waals surface area contributed by atoms with Crippen LogP contribution in [0.1, 0.15) is 34.1 Å². The lowest BCUT2D eigenvalue weighted by Gasteiger charge is -2.32. The molecule has 0 bridgehead atoms. The van der Waals surface area contributed by atoms with Gasteiger partial charge in [-0.05, 0) is 38.3 Å². The van der Waals surface area contributed by atoms with Crippen molar-refractivity contribution in [2.24, 2.45) is 11.7 Å². The molecule has 5 heteroatoms. The van der Waals surface area contributed by atoms with Crippen molar-refractivity contribution < 1.29 is 9.53 Å². The molecule has 2 unspecified atom stereocenters. The summed E-state index contributed by atoms with van der Waals surface area (Å²) in [4.78, 5) is 12.3. The number of rotatable bonds is 7. The molecule has 0 spiro atoms. The molecule has 0 heterocycles. The number of ether oxygens (including phenoxy) is 1. The highest BCUT2D eigenvalue weighted by Crippen LogP contribution is 2.24. The third-order valence-electron chi connectivity index (χ3n) is 3.24. The first kappa shape index (κ1) is 17.8. The van der Waals surface area contributed by atoms with Gasteiger partial charge in [0.2, 0.25) is 0 Å². The van der Waals surface area contributed by atoms with Gasteiger partial charge >= 0.3 is 0 Å². The van der Waals surface area contributed by atoms with Gasteiger partial charge in [-0.1, -0.05) is 37.6 Å². The summed E-state index contributed by atoms with van der Waals surface area (Å²) in [5.41, 5.74) is 5.38. The van der Waals surface area contributed by atoms with Crippen LogP contribution in [0.15, 0.2) is 24.3 Å². The summed E-state index contributed by atoms with van der Waals surface area (Å²) in [7, 11) is 0. The quantitative estimate of drug-likeness (QED) is 0.813. The lowest BCUT2D eigenvalue weighted by atomic mass is 9.90. The highest BCUT2D eigenvalue weighted by Gasteiger charge is 2.28. The number of nitrogens with one attached hydrogen (secondary N) is 1. The van der Waals surface area contributed by atoms with Crippen LogP contribution in [0.25, 0.3) is 0 Å². The Kier molecular flexibility index (Phi) is 6.49. The number of nitrogens with two attached hydrogens (primary N) is 1. The fourth-order valence-corrected chi connectivity index (χ4v) is 2.45. The van der Waals surface area contributed by atoms with Crippen molar-refractivity contribution in [3.05, 3.63) is 29.3 Å². The van der Waals surface area contributed by atoms with Crippen LogP contribution in [-0.2, 0) is 4.79 Å². The van der Waals surface area contributed by atoms with Crippen LogP contribution < -0.4 is 15.8 Å². The van der Waals surface area contributed by atoms with Gasteiger partial charge in [-0.15, -0.1) is 0 Å². The number of benzene rings is 1. The summed E-state index contributed by atoms with van der Waals surface area (Å²) in [5.74, 6) is 0.752. The molecular formula is C16H25ClN2O2. The van der Waals surface area contributed by atoms with E-state index < -0.39 is 11.6 Å². The van der Waals surface area contributed by atoms with Crippen molar-refractivity contribution in [3.8, 4) is 5.75 Å². The zero-order chi connectivity index (χ0) is 16.0. The smallest absolute Gasteiger partial charge is 0.261 e. The van der Waals surface area contributed by atoms with Crippen molar-refractivity contribution in [2.75, 3.05) is 6.54 Å². The number of halogens is 1. The van der Waals surface area contributed by atoms with E-state index in [4.69, 9.17) is 22.1 Å². The number of carbonyl (C=O) groups excluding carboxylic acids is 1. The molecule has 118 valence electrons. The van der Waals surface area contributed by atoms with Crippen molar-refractivity contribution >= 4 is 17.5 Å². The van der Waals surface area contributed by atoms with Crippen molar-refractivity contribution in [2.45, 2.75) is 45.8 Å². The second-order valence-corrected chi connectivity index (χ2v) is 6.45. The van der Waals surface area contributed by atoms with Crippen LogP contribution in [-0.4, -0.2) is 24.1 Å². The summed E-state index contributed by atoms with van der Waals surface area (Å²) >= 11 is 6.03. The van der Waals surface area contributed by atoms with Crippen molar-refractivity contribution in [3.63, 3.8) is 0 Å². The maximum Gasteiger partial charge on any atom is 0.261 e. The first-order chi connectivity index (χ1) is 9.77. The molecule has 4 nitrogen and oxygen atoms in total. The second kappa shape index (κ2) is 7.66. The standard InChI is InChI=1S/C16H25ClN2O2/c1-11(2)9-16(4,10-18)19-15(20)12(3)21-14-8-6-5-7-13(14)17/h5-8,11-12H,9-10,18H2,1-4H3,(H,19,20). The normalized spacial score (nSPS) is 15.4. The van der Waals surface area contributed by atoms with E-state index in [0.717, 1.165) is 6.42 Å². The Bertz CT molecular complexity index is 479. The molecule has 1 rings (SSSR count). The average molecular weight is 313 g/mol. The van der Waals surface area contributed by atoms with Crippen LogP contribution in [0.4, 0.5) is 0 Å². The summed E-state index contributed by atoms with van der Waals surface area (Å²) in [6, 6.07) is 7.09. The van der Waals surface area contributed by atoms with Gasteiger partial charge < -0.3 is 15.8 Å². The maximum atomic E-state index is 12.3. The van der Waals surface area contributed by atoms with E-state index in [2.05, 4.69) is 19.2 Å². The predicted molar refractivity (Wildman–Crippen MR) is 86.6 cm³/mol. The fourth-order valence-electron chi connectivity index (χ4n) is 2.27. The van der Waals surface area contributed by atoms with E-state index in [1.807, 2.05) is 19.1 Å². The van der Waals surface area contributed by atoms with E-state index in [1.54, 1.807) is 19.1 Å². The molecule has 2 atom stereocenters. The average Bonchev–Trinajstić information content (AvgIpc) is 2.40. The Balaban J connectivity index is 2.68. The maximum absolute atomic E-state index is 12.3. The highest BCUT2D eigenvalue weighted by molar-refractivity contribution is 6.32. The molecule has 0 aromatic heterocycles. The van der Waals surface area contributed by atoms with Crippen molar-refractivity contribution in [1.29, 1.82) is 0 Å². The highest BCUT2D eigenvalue weighted by atomic mass is 35.5. The minimum absolute atomic E-state index is 0.191. The zero-order valence-corrected chi connectivity index (χ0v) is 13.9. The molecule has 0 saturated carbocycles. The molecule has 1 aromatic carbocycles. The summed E-state index contributed by atoms with van der Waals surface area (Å²) < 4.78 is 5.62. The molecule has 0 aliphatic carbocycles. The molecule has 3 N–H and O–H groups in total. The van der Waals surface area contributed by atoms with Gasteiger partial charge in [-0.3, -0.25) is 4.79 Å². The largest absolute Gasteiger partial charge is 0.479 e. The van der Waals surface area contributed by atoms with Gasteiger partial charge in [-0.25, -0.2) is 0 Å².